The Labute approximate surface area is 95.1 Å². The maximum absolute atomic E-state index is 12.1. The van der Waals surface area contributed by atoms with E-state index in [9.17, 15) is 9.90 Å². The van der Waals surface area contributed by atoms with Crippen molar-refractivity contribution >= 4 is 5.97 Å². The third-order valence-electron chi connectivity index (χ3n) is 3.74. The molecule has 5 heteroatoms. The molecular weight excluding hydrogens is 210 g/mol. The van der Waals surface area contributed by atoms with Gasteiger partial charge in [-0.25, -0.2) is 0 Å². The summed E-state index contributed by atoms with van der Waals surface area (Å²) < 4.78 is 10.4. The van der Waals surface area contributed by atoms with Crippen molar-refractivity contribution in [3.63, 3.8) is 0 Å². The third kappa shape index (κ3) is 1.63. The summed E-state index contributed by atoms with van der Waals surface area (Å²) >= 11 is 0. The van der Waals surface area contributed by atoms with E-state index in [2.05, 4.69) is 5.32 Å². The number of carbonyl (C=O) groups excluding carboxylic acids is 1. The van der Waals surface area contributed by atoms with Crippen LogP contribution in [0.5, 0.6) is 0 Å². The zero-order valence-corrected chi connectivity index (χ0v) is 9.62. The zero-order chi connectivity index (χ0) is 11.6. The molecule has 2 saturated heterocycles. The minimum Gasteiger partial charge on any atom is -0.465 e. The first-order chi connectivity index (χ1) is 7.65. The van der Waals surface area contributed by atoms with Crippen LogP contribution < -0.4 is 5.32 Å². The Balaban J connectivity index is 2.20. The summed E-state index contributed by atoms with van der Waals surface area (Å²) in [5, 5.41) is 13.5. The predicted octanol–water partition coefficient (Wildman–Crippen LogP) is -0.319. The van der Waals surface area contributed by atoms with Crippen LogP contribution in [0, 0.1) is 5.41 Å². The number of carbonyl (C=O) groups is 1. The number of β-amino-alcohol motifs (C(OH)–C–C–N with tert-alkyl or cyclic N) is 1. The Hall–Kier alpha value is -0.650. The van der Waals surface area contributed by atoms with Gasteiger partial charge in [-0.15, -0.1) is 0 Å². The fraction of sp³-hybridized carbons (Fsp3) is 0.909. The van der Waals surface area contributed by atoms with Crippen molar-refractivity contribution in [3.8, 4) is 0 Å². The van der Waals surface area contributed by atoms with E-state index in [4.69, 9.17) is 9.47 Å². The van der Waals surface area contributed by atoms with Crippen LogP contribution in [0.4, 0.5) is 0 Å². The topological polar surface area (TPSA) is 67.8 Å². The highest BCUT2D eigenvalue weighted by atomic mass is 16.5. The van der Waals surface area contributed by atoms with E-state index in [0.29, 0.717) is 45.8 Å². The van der Waals surface area contributed by atoms with Crippen molar-refractivity contribution in [2.24, 2.45) is 5.41 Å². The fourth-order valence-electron chi connectivity index (χ4n) is 2.55. The lowest BCUT2D eigenvalue weighted by molar-refractivity contribution is -0.198. The second-order valence-electron chi connectivity index (χ2n) is 4.55. The van der Waals surface area contributed by atoms with Crippen molar-refractivity contribution in [3.05, 3.63) is 0 Å². The molecule has 0 amide bonds. The third-order valence-corrected chi connectivity index (χ3v) is 3.74. The minimum atomic E-state index is -0.955. The Morgan fingerprint density at radius 2 is 2.06 bits per heavy atom. The van der Waals surface area contributed by atoms with Crippen molar-refractivity contribution in [1.82, 2.24) is 5.32 Å². The summed E-state index contributed by atoms with van der Waals surface area (Å²) in [4.78, 5) is 12.1. The predicted molar refractivity (Wildman–Crippen MR) is 56.9 cm³/mol. The van der Waals surface area contributed by atoms with E-state index in [1.54, 1.807) is 6.92 Å². The van der Waals surface area contributed by atoms with Crippen molar-refractivity contribution < 1.29 is 19.4 Å². The second-order valence-corrected chi connectivity index (χ2v) is 4.55. The Bertz CT molecular complexity index is 269. The van der Waals surface area contributed by atoms with E-state index in [1.165, 1.54) is 0 Å². The zero-order valence-electron chi connectivity index (χ0n) is 9.62. The number of rotatable bonds is 3. The molecule has 0 unspecified atom stereocenters. The van der Waals surface area contributed by atoms with Crippen LogP contribution in [-0.4, -0.2) is 49.6 Å². The molecule has 0 aromatic carbocycles. The molecule has 0 aromatic heterocycles. The van der Waals surface area contributed by atoms with Crippen LogP contribution in [0.15, 0.2) is 0 Å². The summed E-state index contributed by atoms with van der Waals surface area (Å²) in [6.07, 6.45) is 1.09. The molecular formula is C11H19NO4. The average molecular weight is 229 g/mol. The fourth-order valence-corrected chi connectivity index (χ4v) is 2.55. The van der Waals surface area contributed by atoms with Gasteiger partial charge in [0.05, 0.1) is 6.61 Å². The highest BCUT2D eigenvalue weighted by molar-refractivity contribution is 5.79. The summed E-state index contributed by atoms with van der Waals surface area (Å²) in [6, 6.07) is 0. The monoisotopic (exact) mass is 229 g/mol. The molecule has 2 rings (SSSR count). The number of aliphatic hydroxyl groups is 1. The van der Waals surface area contributed by atoms with Gasteiger partial charge in [0.2, 0.25) is 0 Å². The van der Waals surface area contributed by atoms with Gasteiger partial charge in [0, 0.05) is 26.3 Å². The Kier molecular flexibility index (Phi) is 3.19. The smallest absolute Gasteiger partial charge is 0.315 e. The number of nitrogens with one attached hydrogen (secondary N) is 1. The highest BCUT2D eigenvalue weighted by Crippen LogP contribution is 2.44. The molecule has 2 aliphatic heterocycles. The molecule has 5 nitrogen and oxygen atoms in total. The summed E-state index contributed by atoms with van der Waals surface area (Å²) in [5.41, 5.74) is -1.73. The van der Waals surface area contributed by atoms with E-state index >= 15 is 0 Å². The number of esters is 1. The SMILES string of the molecule is CCOC(=O)C1(C2(O)CNC2)CCOCC1. The van der Waals surface area contributed by atoms with Crippen molar-refractivity contribution in [2.75, 3.05) is 32.9 Å². The van der Waals surface area contributed by atoms with E-state index in [-0.39, 0.29) is 5.97 Å². The number of ether oxygens (including phenoxy) is 2. The molecule has 0 aliphatic carbocycles. The van der Waals surface area contributed by atoms with Gasteiger partial charge in [-0.1, -0.05) is 0 Å². The number of hydrogen-bond donors (Lipinski definition) is 2. The molecule has 2 N–H and O–H groups in total. The quantitative estimate of drug-likeness (QED) is 0.649. The number of hydrogen-bond acceptors (Lipinski definition) is 5. The van der Waals surface area contributed by atoms with Crippen molar-refractivity contribution in [1.29, 1.82) is 0 Å². The van der Waals surface area contributed by atoms with Gasteiger partial charge in [0.25, 0.3) is 0 Å². The maximum Gasteiger partial charge on any atom is 0.315 e. The van der Waals surface area contributed by atoms with Crippen LogP contribution in [0.1, 0.15) is 19.8 Å². The molecule has 0 aromatic rings. The molecule has 0 bridgehead atoms. The van der Waals surface area contributed by atoms with Gasteiger partial charge >= 0.3 is 5.97 Å². The molecule has 0 saturated carbocycles. The van der Waals surface area contributed by atoms with Gasteiger partial charge in [-0.05, 0) is 19.8 Å². The lowest BCUT2D eigenvalue weighted by Gasteiger charge is -2.52. The van der Waals surface area contributed by atoms with Gasteiger partial charge in [-0.3, -0.25) is 4.79 Å². The lowest BCUT2D eigenvalue weighted by atomic mass is 9.64. The molecule has 0 radical (unpaired) electrons. The van der Waals surface area contributed by atoms with Crippen molar-refractivity contribution in [2.45, 2.75) is 25.4 Å². The van der Waals surface area contributed by atoms with E-state index in [1.807, 2.05) is 0 Å². The minimum absolute atomic E-state index is 0.276. The molecule has 2 heterocycles. The van der Waals surface area contributed by atoms with Crippen LogP contribution in [-0.2, 0) is 14.3 Å². The van der Waals surface area contributed by atoms with Crippen LogP contribution in [0.25, 0.3) is 0 Å². The first-order valence-electron chi connectivity index (χ1n) is 5.83. The molecule has 2 fully saturated rings. The molecule has 2 aliphatic rings. The second kappa shape index (κ2) is 4.31. The summed E-state index contributed by atoms with van der Waals surface area (Å²) in [7, 11) is 0. The van der Waals surface area contributed by atoms with Crippen LogP contribution in [0.3, 0.4) is 0 Å². The highest BCUT2D eigenvalue weighted by Gasteiger charge is 2.60. The van der Waals surface area contributed by atoms with Gasteiger partial charge in [0.1, 0.15) is 11.0 Å². The Morgan fingerprint density at radius 1 is 1.44 bits per heavy atom. The molecule has 0 spiro atoms. The van der Waals surface area contributed by atoms with Gasteiger partial charge in [-0.2, -0.15) is 0 Å². The largest absolute Gasteiger partial charge is 0.465 e. The van der Waals surface area contributed by atoms with Gasteiger partial charge < -0.3 is 19.9 Å². The van der Waals surface area contributed by atoms with E-state index in [0.717, 1.165) is 0 Å². The molecule has 92 valence electrons. The normalized spacial score (nSPS) is 26.9. The van der Waals surface area contributed by atoms with Gasteiger partial charge in [0.15, 0.2) is 0 Å². The van der Waals surface area contributed by atoms with E-state index < -0.39 is 11.0 Å². The standard InChI is InChI=1S/C11H19NO4/c1-2-16-9(13)10(3-5-15-6-4-10)11(14)7-12-8-11/h12,14H,2-8H2,1H3. The molecule has 0 atom stereocenters. The molecule has 16 heavy (non-hydrogen) atoms. The Morgan fingerprint density at radius 3 is 2.50 bits per heavy atom. The average Bonchev–Trinajstić information content (AvgIpc) is 2.27. The van der Waals surface area contributed by atoms with Crippen LogP contribution >= 0.6 is 0 Å². The lowest BCUT2D eigenvalue weighted by Crippen LogP contribution is -2.71. The maximum atomic E-state index is 12.1. The first kappa shape index (κ1) is 11.8. The first-order valence-corrected chi connectivity index (χ1v) is 5.83. The summed E-state index contributed by atoms with van der Waals surface area (Å²) in [5.74, 6) is -0.276. The van der Waals surface area contributed by atoms with Crippen LogP contribution in [0.2, 0.25) is 0 Å². The summed E-state index contributed by atoms with van der Waals surface area (Å²) in [6.45, 7) is 4.10.